The lowest BCUT2D eigenvalue weighted by atomic mass is 10.1. The summed E-state index contributed by atoms with van der Waals surface area (Å²) in [5.74, 6) is 0. The highest BCUT2D eigenvalue weighted by atomic mass is 16.4. The van der Waals surface area contributed by atoms with Gasteiger partial charge in [-0.25, -0.2) is 0 Å². The molecular formula is C18H17N3O. The van der Waals surface area contributed by atoms with E-state index >= 15 is 0 Å². The van der Waals surface area contributed by atoms with Crippen LogP contribution in [-0.2, 0) is 6.54 Å². The molecule has 0 aliphatic rings. The molecule has 0 saturated heterocycles. The van der Waals surface area contributed by atoms with Crippen molar-refractivity contribution in [3.05, 3.63) is 60.3 Å². The van der Waals surface area contributed by atoms with Gasteiger partial charge in [0.1, 0.15) is 5.52 Å². The first-order chi connectivity index (χ1) is 10.8. The Kier molecular flexibility index (Phi) is 3.07. The van der Waals surface area contributed by atoms with E-state index in [-0.39, 0.29) is 0 Å². The summed E-state index contributed by atoms with van der Waals surface area (Å²) in [6, 6.07) is 16.9. The van der Waals surface area contributed by atoms with E-state index in [1.165, 1.54) is 10.9 Å². The molecule has 2 aromatic heterocycles. The highest BCUT2D eigenvalue weighted by Crippen LogP contribution is 2.25. The Morgan fingerprint density at radius 1 is 1.09 bits per heavy atom. The average molecular weight is 291 g/mol. The van der Waals surface area contributed by atoms with Gasteiger partial charge in [-0.1, -0.05) is 30.3 Å². The molecule has 4 nitrogen and oxygen atoms in total. The zero-order valence-electron chi connectivity index (χ0n) is 12.4. The van der Waals surface area contributed by atoms with Crippen LogP contribution in [0.3, 0.4) is 0 Å². The molecule has 2 heterocycles. The molecule has 0 atom stereocenters. The number of H-pyrrole nitrogens is 1. The van der Waals surface area contributed by atoms with Crippen LogP contribution < -0.4 is 4.90 Å². The van der Waals surface area contributed by atoms with Gasteiger partial charge in [-0.15, -0.1) is 0 Å². The molecule has 0 aliphatic carbocycles. The second kappa shape index (κ2) is 5.22. The Morgan fingerprint density at radius 3 is 2.77 bits per heavy atom. The first-order valence-electron chi connectivity index (χ1n) is 7.50. The van der Waals surface area contributed by atoms with Gasteiger partial charge < -0.3 is 14.3 Å². The highest BCUT2D eigenvalue weighted by molar-refractivity contribution is 5.83. The number of nitrogens with zero attached hydrogens (tertiary/aromatic N) is 2. The SMILES string of the molecule is CCN(Cc1c[nH]c2ccccc12)c1nc2ccccc2o1. The van der Waals surface area contributed by atoms with Crippen LogP contribution in [0.2, 0.25) is 0 Å². The van der Waals surface area contributed by atoms with Crippen molar-refractivity contribution in [2.24, 2.45) is 0 Å². The Morgan fingerprint density at radius 2 is 1.91 bits per heavy atom. The summed E-state index contributed by atoms with van der Waals surface area (Å²) in [5.41, 5.74) is 4.13. The van der Waals surface area contributed by atoms with Crippen molar-refractivity contribution in [3.63, 3.8) is 0 Å². The Labute approximate surface area is 128 Å². The zero-order chi connectivity index (χ0) is 14.9. The molecule has 1 N–H and O–H groups in total. The molecule has 2 aromatic carbocycles. The summed E-state index contributed by atoms with van der Waals surface area (Å²) in [4.78, 5) is 10.1. The van der Waals surface area contributed by atoms with Crippen molar-refractivity contribution in [2.75, 3.05) is 11.4 Å². The molecule has 0 unspecified atom stereocenters. The topological polar surface area (TPSA) is 45.1 Å². The van der Waals surface area contributed by atoms with Gasteiger partial charge in [0.25, 0.3) is 6.01 Å². The number of oxazole rings is 1. The average Bonchev–Trinajstić information content (AvgIpc) is 3.16. The molecule has 22 heavy (non-hydrogen) atoms. The molecule has 0 spiro atoms. The van der Waals surface area contributed by atoms with E-state index in [2.05, 4.69) is 46.2 Å². The largest absolute Gasteiger partial charge is 0.423 e. The van der Waals surface area contributed by atoms with Crippen LogP contribution >= 0.6 is 0 Å². The maximum atomic E-state index is 5.89. The van der Waals surface area contributed by atoms with Crippen molar-refractivity contribution in [1.29, 1.82) is 0 Å². The molecule has 0 aliphatic heterocycles. The summed E-state index contributed by atoms with van der Waals surface area (Å²) in [6.45, 7) is 3.73. The van der Waals surface area contributed by atoms with Crippen LogP contribution in [0.5, 0.6) is 0 Å². The Bertz CT molecular complexity index is 889. The van der Waals surface area contributed by atoms with Gasteiger partial charge in [-0.2, -0.15) is 4.98 Å². The summed E-state index contributed by atoms with van der Waals surface area (Å²) < 4.78 is 5.89. The number of aromatic amines is 1. The first-order valence-corrected chi connectivity index (χ1v) is 7.50. The second-order valence-electron chi connectivity index (χ2n) is 5.34. The lowest BCUT2D eigenvalue weighted by molar-refractivity contribution is 0.570. The van der Waals surface area contributed by atoms with Crippen molar-refractivity contribution in [1.82, 2.24) is 9.97 Å². The van der Waals surface area contributed by atoms with E-state index in [9.17, 15) is 0 Å². The summed E-state index contributed by atoms with van der Waals surface area (Å²) in [5, 5.41) is 1.25. The second-order valence-corrected chi connectivity index (χ2v) is 5.34. The number of hydrogen-bond donors (Lipinski definition) is 1. The minimum Gasteiger partial charge on any atom is -0.423 e. The van der Waals surface area contributed by atoms with E-state index in [0.29, 0.717) is 6.01 Å². The third-order valence-electron chi connectivity index (χ3n) is 3.97. The lowest BCUT2D eigenvalue weighted by Gasteiger charge is -2.17. The molecule has 110 valence electrons. The fraction of sp³-hybridized carbons (Fsp3) is 0.167. The fourth-order valence-electron chi connectivity index (χ4n) is 2.78. The monoisotopic (exact) mass is 291 g/mol. The number of aromatic nitrogens is 2. The quantitative estimate of drug-likeness (QED) is 0.608. The van der Waals surface area contributed by atoms with E-state index in [0.717, 1.165) is 29.7 Å². The number of rotatable bonds is 4. The van der Waals surface area contributed by atoms with Gasteiger partial charge in [-0.05, 0) is 30.7 Å². The van der Waals surface area contributed by atoms with Crippen LogP contribution in [0.4, 0.5) is 6.01 Å². The van der Waals surface area contributed by atoms with Crippen LogP contribution in [0.15, 0.2) is 59.1 Å². The maximum absolute atomic E-state index is 5.89. The maximum Gasteiger partial charge on any atom is 0.298 e. The zero-order valence-corrected chi connectivity index (χ0v) is 12.4. The van der Waals surface area contributed by atoms with Gasteiger partial charge in [0, 0.05) is 30.2 Å². The number of nitrogens with one attached hydrogen (secondary N) is 1. The van der Waals surface area contributed by atoms with Gasteiger partial charge in [0.15, 0.2) is 5.58 Å². The molecule has 0 radical (unpaired) electrons. The Hall–Kier alpha value is -2.75. The van der Waals surface area contributed by atoms with Crippen LogP contribution in [0.1, 0.15) is 12.5 Å². The highest BCUT2D eigenvalue weighted by Gasteiger charge is 2.14. The minimum absolute atomic E-state index is 0.675. The molecule has 0 bridgehead atoms. The normalized spacial score (nSPS) is 11.3. The van der Waals surface area contributed by atoms with Crippen LogP contribution in [0, 0.1) is 0 Å². The molecule has 0 fully saturated rings. The smallest absolute Gasteiger partial charge is 0.298 e. The van der Waals surface area contributed by atoms with Gasteiger partial charge in [-0.3, -0.25) is 0 Å². The first kappa shape index (κ1) is 13.0. The predicted molar refractivity (Wildman–Crippen MR) is 89.0 cm³/mol. The number of para-hydroxylation sites is 3. The predicted octanol–water partition coefficient (Wildman–Crippen LogP) is 4.34. The molecule has 0 amide bonds. The standard InChI is InChI=1S/C18H17N3O/c1-2-21(18-20-16-9-5-6-10-17(16)22-18)12-13-11-19-15-8-4-3-7-14(13)15/h3-11,19H,2,12H2,1H3. The van der Waals surface area contributed by atoms with E-state index in [1.807, 2.05) is 30.3 Å². The molecule has 4 heteroatoms. The summed E-state index contributed by atoms with van der Waals surface area (Å²) >= 11 is 0. The number of hydrogen-bond acceptors (Lipinski definition) is 3. The van der Waals surface area contributed by atoms with E-state index in [4.69, 9.17) is 4.42 Å². The lowest BCUT2D eigenvalue weighted by Crippen LogP contribution is -2.22. The van der Waals surface area contributed by atoms with Crippen molar-refractivity contribution in [2.45, 2.75) is 13.5 Å². The van der Waals surface area contributed by atoms with Crippen molar-refractivity contribution >= 4 is 28.0 Å². The van der Waals surface area contributed by atoms with Gasteiger partial charge in [0.05, 0.1) is 0 Å². The van der Waals surface area contributed by atoms with Gasteiger partial charge >= 0.3 is 0 Å². The van der Waals surface area contributed by atoms with E-state index in [1.54, 1.807) is 0 Å². The Balaban J connectivity index is 1.70. The number of fused-ring (bicyclic) bond motifs is 2. The third-order valence-corrected chi connectivity index (χ3v) is 3.97. The third kappa shape index (κ3) is 2.13. The van der Waals surface area contributed by atoms with Crippen LogP contribution in [0.25, 0.3) is 22.0 Å². The summed E-state index contributed by atoms with van der Waals surface area (Å²) in [6.07, 6.45) is 2.07. The van der Waals surface area contributed by atoms with E-state index < -0.39 is 0 Å². The van der Waals surface area contributed by atoms with Crippen LogP contribution in [-0.4, -0.2) is 16.5 Å². The molecule has 4 aromatic rings. The fourth-order valence-corrected chi connectivity index (χ4v) is 2.78. The summed E-state index contributed by atoms with van der Waals surface area (Å²) in [7, 11) is 0. The molecule has 0 saturated carbocycles. The minimum atomic E-state index is 0.675. The molecule has 4 rings (SSSR count). The van der Waals surface area contributed by atoms with Crippen molar-refractivity contribution < 1.29 is 4.42 Å². The number of anilines is 1. The number of benzene rings is 2. The van der Waals surface area contributed by atoms with Crippen molar-refractivity contribution in [3.8, 4) is 0 Å². The van der Waals surface area contributed by atoms with Gasteiger partial charge in [0.2, 0.25) is 0 Å². The molecular weight excluding hydrogens is 274 g/mol.